The van der Waals surface area contributed by atoms with Crippen molar-refractivity contribution in [2.75, 3.05) is 31.1 Å². The molecule has 0 atom stereocenters. The maximum Gasteiger partial charge on any atom is 0.387 e. The van der Waals surface area contributed by atoms with Crippen LogP contribution in [0.2, 0.25) is 5.02 Å². The maximum atomic E-state index is 12.5. The van der Waals surface area contributed by atoms with E-state index in [-0.39, 0.29) is 18.1 Å². The highest BCUT2D eigenvalue weighted by molar-refractivity contribution is 6.33. The molecule has 2 aromatic rings. The van der Waals surface area contributed by atoms with Crippen molar-refractivity contribution in [2.45, 2.75) is 13.0 Å². The van der Waals surface area contributed by atoms with Gasteiger partial charge in [-0.05, 0) is 29.8 Å². The van der Waals surface area contributed by atoms with E-state index in [1.165, 1.54) is 12.1 Å². The molecule has 0 bridgehead atoms. The van der Waals surface area contributed by atoms with Crippen LogP contribution in [0.4, 0.5) is 14.5 Å². The molecule has 138 valence electrons. The van der Waals surface area contributed by atoms with E-state index in [1.807, 2.05) is 29.2 Å². The van der Waals surface area contributed by atoms with Gasteiger partial charge in [0.05, 0.1) is 17.1 Å². The Balaban J connectivity index is 1.53. The van der Waals surface area contributed by atoms with Crippen LogP contribution in [0, 0.1) is 0 Å². The average Bonchev–Trinajstić information content (AvgIpc) is 2.63. The Morgan fingerprint density at radius 1 is 1.04 bits per heavy atom. The van der Waals surface area contributed by atoms with E-state index in [0.717, 1.165) is 24.3 Å². The number of nitrogens with zero attached hydrogens (tertiary/aromatic N) is 2. The highest BCUT2D eigenvalue weighted by Crippen LogP contribution is 2.26. The number of hydrogen-bond donors (Lipinski definition) is 0. The third-order valence-corrected chi connectivity index (χ3v) is 4.65. The molecular weight excluding hydrogens is 362 g/mol. The summed E-state index contributed by atoms with van der Waals surface area (Å²) < 4.78 is 28.6. The Morgan fingerprint density at radius 2 is 1.69 bits per heavy atom. The van der Waals surface area contributed by atoms with Gasteiger partial charge in [-0.3, -0.25) is 4.79 Å². The van der Waals surface area contributed by atoms with Crippen LogP contribution in [0.1, 0.15) is 5.56 Å². The van der Waals surface area contributed by atoms with Crippen molar-refractivity contribution >= 4 is 23.2 Å². The molecule has 0 N–H and O–H groups in total. The zero-order chi connectivity index (χ0) is 18.5. The quantitative estimate of drug-likeness (QED) is 0.790. The molecule has 0 spiro atoms. The fraction of sp³-hybridized carbons (Fsp3) is 0.316. The fourth-order valence-corrected chi connectivity index (χ4v) is 3.24. The van der Waals surface area contributed by atoms with Gasteiger partial charge in [-0.25, -0.2) is 0 Å². The van der Waals surface area contributed by atoms with Crippen molar-refractivity contribution in [3.63, 3.8) is 0 Å². The molecule has 1 amide bonds. The van der Waals surface area contributed by atoms with Crippen molar-refractivity contribution < 1.29 is 18.3 Å². The van der Waals surface area contributed by atoms with Gasteiger partial charge in [0.2, 0.25) is 5.91 Å². The molecule has 2 aromatic carbocycles. The lowest BCUT2D eigenvalue weighted by Crippen LogP contribution is -2.49. The first-order chi connectivity index (χ1) is 12.5. The van der Waals surface area contributed by atoms with Gasteiger partial charge in [-0.2, -0.15) is 8.78 Å². The van der Waals surface area contributed by atoms with Crippen LogP contribution in [0.15, 0.2) is 48.5 Å². The van der Waals surface area contributed by atoms with Gasteiger partial charge in [-0.15, -0.1) is 0 Å². The van der Waals surface area contributed by atoms with Crippen LogP contribution in [-0.4, -0.2) is 43.6 Å². The summed E-state index contributed by atoms with van der Waals surface area (Å²) in [6.07, 6.45) is 0.237. The number of rotatable bonds is 5. The molecule has 3 rings (SSSR count). The number of carbonyl (C=O) groups is 1. The summed E-state index contributed by atoms with van der Waals surface area (Å²) in [6, 6.07) is 13.8. The monoisotopic (exact) mass is 380 g/mol. The number of benzene rings is 2. The van der Waals surface area contributed by atoms with E-state index < -0.39 is 6.61 Å². The van der Waals surface area contributed by atoms with E-state index in [1.54, 1.807) is 12.1 Å². The molecule has 1 aliphatic heterocycles. The minimum absolute atomic E-state index is 0.0198. The number of para-hydroxylation sites is 1. The first kappa shape index (κ1) is 18.5. The molecule has 7 heteroatoms. The van der Waals surface area contributed by atoms with Gasteiger partial charge in [0.25, 0.3) is 0 Å². The smallest absolute Gasteiger partial charge is 0.387 e. The summed E-state index contributed by atoms with van der Waals surface area (Å²) in [4.78, 5) is 16.5. The SMILES string of the molecule is O=C(Cc1ccc(OC(F)F)cc1)N1CCN(c2ccccc2Cl)CC1. The number of halogens is 3. The van der Waals surface area contributed by atoms with Crippen molar-refractivity contribution in [3.05, 3.63) is 59.1 Å². The number of anilines is 1. The zero-order valence-corrected chi connectivity index (χ0v) is 14.8. The third-order valence-electron chi connectivity index (χ3n) is 4.33. The molecule has 1 aliphatic rings. The van der Waals surface area contributed by atoms with E-state index >= 15 is 0 Å². The summed E-state index contributed by atoms with van der Waals surface area (Å²) >= 11 is 6.23. The summed E-state index contributed by atoms with van der Waals surface area (Å²) in [5.41, 5.74) is 1.75. The molecule has 0 saturated carbocycles. The number of amides is 1. The third kappa shape index (κ3) is 4.64. The van der Waals surface area contributed by atoms with Crippen LogP contribution in [-0.2, 0) is 11.2 Å². The van der Waals surface area contributed by atoms with Crippen LogP contribution in [0.5, 0.6) is 5.75 Å². The van der Waals surface area contributed by atoms with Crippen LogP contribution in [0.3, 0.4) is 0 Å². The predicted octanol–water partition coefficient (Wildman–Crippen LogP) is 3.83. The highest BCUT2D eigenvalue weighted by Gasteiger charge is 2.22. The summed E-state index contributed by atoms with van der Waals surface area (Å²) in [7, 11) is 0. The van der Waals surface area contributed by atoms with Gasteiger partial charge >= 0.3 is 6.61 Å². The topological polar surface area (TPSA) is 32.8 Å². The van der Waals surface area contributed by atoms with Crippen LogP contribution < -0.4 is 9.64 Å². The van der Waals surface area contributed by atoms with Crippen molar-refractivity contribution in [1.82, 2.24) is 4.90 Å². The van der Waals surface area contributed by atoms with Gasteiger partial charge in [0.15, 0.2) is 0 Å². The average molecular weight is 381 g/mol. The Kier molecular flexibility index (Phi) is 5.93. The fourth-order valence-electron chi connectivity index (χ4n) is 2.98. The molecule has 0 unspecified atom stereocenters. The first-order valence-electron chi connectivity index (χ1n) is 8.34. The van der Waals surface area contributed by atoms with Gasteiger partial charge in [-0.1, -0.05) is 35.9 Å². The Hall–Kier alpha value is -2.34. The van der Waals surface area contributed by atoms with E-state index in [9.17, 15) is 13.6 Å². The standard InChI is InChI=1S/C19H19ClF2N2O2/c20-16-3-1-2-4-17(16)23-9-11-24(12-10-23)18(25)13-14-5-7-15(8-6-14)26-19(21)22/h1-8,19H,9-13H2. The molecule has 26 heavy (non-hydrogen) atoms. The van der Waals surface area contributed by atoms with Crippen molar-refractivity contribution in [1.29, 1.82) is 0 Å². The largest absolute Gasteiger partial charge is 0.435 e. The predicted molar refractivity (Wildman–Crippen MR) is 97.0 cm³/mol. The number of alkyl halides is 2. The normalized spacial score (nSPS) is 14.6. The minimum Gasteiger partial charge on any atom is -0.435 e. The lowest BCUT2D eigenvalue weighted by atomic mass is 10.1. The summed E-state index contributed by atoms with van der Waals surface area (Å²) in [5.74, 6) is 0.107. The molecule has 0 aromatic heterocycles. The van der Waals surface area contributed by atoms with E-state index in [2.05, 4.69) is 9.64 Å². The second-order valence-electron chi connectivity index (χ2n) is 6.02. The number of carbonyl (C=O) groups excluding carboxylic acids is 1. The lowest BCUT2D eigenvalue weighted by Gasteiger charge is -2.36. The molecule has 1 fully saturated rings. The molecular formula is C19H19ClF2N2O2. The van der Waals surface area contributed by atoms with E-state index in [0.29, 0.717) is 18.1 Å². The number of hydrogen-bond acceptors (Lipinski definition) is 3. The van der Waals surface area contributed by atoms with Gasteiger partial charge < -0.3 is 14.5 Å². The zero-order valence-electron chi connectivity index (χ0n) is 14.1. The van der Waals surface area contributed by atoms with Gasteiger partial charge in [0, 0.05) is 26.2 Å². The van der Waals surface area contributed by atoms with E-state index in [4.69, 9.17) is 11.6 Å². The molecule has 0 radical (unpaired) electrons. The Labute approximate surface area is 155 Å². The molecule has 4 nitrogen and oxygen atoms in total. The number of ether oxygens (including phenoxy) is 1. The Morgan fingerprint density at radius 3 is 2.31 bits per heavy atom. The second-order valence-corrected chi connectivity index (χ2v) is 6.43. The maximum absolute atomic E-state index is 12.5. The summed E-state index contributed by atoms with van der Waals surface area (Å²) in [5, 5.41) is 0.707. The second kappa shape index (κ2) is 8.36. The first-order valence-corrected chi connectivity index (χ1v) is 8.72. The van der Waals surface area contributed by atoms with Gasteiger partial charge in [0.1, 0.15) is 5.75 Å². The van der Waals surface area contributed by atoms with Crippen molar-refractivity contribution in [3.8, 4) is 5.75 Å². The molecule has 1 saturated heterocycles. The number of piperazine rings is 1. The minimum atomic E-state index is -2.85. The summed E-state index contributed by atoms with van der Waals surface area (Å²) in [6.45, 7) is -0.169. The highest BCUT2D eigenvalue weighted by atomic mass is 35.5. The lowest BCUT2D eigenvalue weighted by molar-refractivity contribution is -0.130. The Bertz CT molecular complexity index is 747. The molecule has 0 aliphatic carbocycles. The molecule has 1 heterocycles. The van der Waals surface area contributed by atoms with Crippen LogP contribution in [0.25, 0.3) is 0 Å². The van der Waals surface area contributed by atoms with Crippen LogP contribution >= 0.6 is 11.6 Å². The van der Waals surface area contributed by atoms with Crippen molar-refractivity contribution in [2.24, 2.45) is 0 Å².